The van der Waals surface area contributed by atoms with Crippen LogP contribution in [0.5, 0.6) is 0 Å². The molecule has 0 fully saturated rings. The summed E-state index contributed by atoms with van der Waals surface area (Å²) < 4.78 is 5.70. The van der Waals surface area contributed by atoms with Crippen molar-refractivity contribution in [3.8, 4) is 0 Å². The second kappa shape index (κ2) is 11.2. The van der Waals surface area contributed by atoms with Crippen LogP contribution in [-0.4, -0.2) is 34.8 Å². The number of nitrogens with one attached hydrogen (secondary N) is 1. The second-order valence-corrected chi connectivity index (χ2v) is 8.09. The predicted octanol–water partition coefficient (Wildman–Crippen LogP) is 5.45. The zero-order valence-corrected chi connectivity index (χ0v) is 19.5. The number of aryl methyl sites for hydroxylation is 2. The highest BCUT2D eigenvalue weighted by atomic mass is 16.3. The molecule has 6 heteroatoms. The van der Waals surface area contributed by atoms with E-state index in [1.165, 1.54) is 4.90 Å². The molecule has 3 amide bonds. The molecular weight excluding hydrogens is 414 g/mol. The van der Waals surface area contributed by atoms with E-state index in [1.54, 1.807) is 11.0 Å². The summed E-state index contributed by atoms with van der Waals surface area (Å²) in [7, 11) is 0. The molecule has 0 unspecified atom stereocenters. The first kappa shape index (κ1) is 23.9. The van der Waals surface area contributed by atoms with Gasteiger partial charge in [0.15, 0.2) is 0 Å². The summed E-state index contributed by atoms with van der Waals surface area (Å²) in [5.41, 5.74) is 3.81. The number of furan rings is 1. The van der Waals surface area contributed by atoms with Crippen molar-refractivity contribution >= 4 is 17.6 Å². The van der Waals surface area contributed by atoms with Crippen molar-refractivity contribution < 1.29 is 14.0 Å². The Morgan fingerprint density at radius 1 is 0.939 bits per heavy atom. The number of benzene rings is 2. The molecule has 0 saturated heterocycles. The number of carbonyl (C=O) groups excluding carboxylic acids is 2. The molecule has 0 aliphatic heterocycles. The van der Waals surface area contributed by atoms with E-state index in [0.717, 1.165) is 28.1 Å². The van der Waals surface area contributed by atoms with Gasteiger partial charge in [-0.05, 0) is 55.7 Å². The Balaban J connectivity index is 1.76. The van der Waals surface area contributed by atoms with Gasteiger partial charge in [-0.15, -0.1) is 6.58 Å². The molecule has 0 atom stereocenters. The van der Waals surface area contributed by atoms with Gasteiger partial charge in [0.1, 0.15) is 18.1 Å². The van der Waals surface area contributed by atoms with E-state index >= 15 is 0 Å². The van der Waals surface area contributed by atoms with E-state index in [2.05, 4.69) is 11.9 Å². The van der Waals surface area contributed by atoms with Crippen molar-refractivity contribution in [2.24, 2.45) is 0 Å². The first-order valence-corrected chi connectivity index (χ1v) is 11.0. The quantitative estimate of drug-likeness (QED) is 0.445. The van der Waals surface area contributed by atoms with E-state index < -0.39 is 0 Å². The molecule has 0 bridgehead atoms. The minimum atomic E-state index is -0.342. The number of urea groups is 1. The average molecular weight is 446 g/mol. The van der Waals surface area contributed by atoms with E-state index in [4.69, 9.17) is 4.42 Å². The van der Waals surface area contributed by atoms with Crippen molar-refractivity contribution in [3.63, 3.8) is 0 Å². The Morgan fingerprint density at radius 2 is 1.70 bits per heavy atom. The zero-order chi connectivity index (χ0) is 23.8. The molecule has 1 aromatic heterocycles. The van der Waals surface area contributed by atoms with E-state index in [9.17, 15) is 9.59 Å². The van der Waals surface area contributed by atoms with Gasteiger partial charge in [-0.3, -0.25) is 4.79 Å². The fraction of sp³-hybridized carbons (Fsp3) is 0.259. The van der Waals surface area contributed by atoms with Crippen molar-refractivity contribution in [2.75, 3.05) is 18.4 Å². The summed E-state index contributed by atoms with van der Waals surface area (Å²) in [6, 6.07) is 18.9. The monoisotopic (exact) mass is 445 g/mol. The Morgan fingerprint density at radius 3 is 2.36 bits per heavy atom. The molecule has 1 heterocycles. The maximum Gasteiger partial charge on any atom is 0.322 e. The zero-order valence-electron chi connectivity index (χ0n) is 19.5. The molecule has 0 saturated carbocycles. The predicted molar refractivity (Wildman–Crippen MR) is 131 cm³/mol. The molecule has 3 aromatic rings. The van der Waals surface area contributed by atoms with Gasteiger partial charge in [0, 0.05) is 18.8 Å². The highest BCUT2D eigenvalue weighted by molar-refractivity contribution is 5.93. The van der Waals surface area contributed by atoms with Crippen LogP contribution in [0.2, 0.25) is 0 Å². The first-order valence-electron chi connectivity index (χ1n) is 11.0. The Kier molecular flexibility index (Phi) is 8.08. The van der Waals surface area contributed by atoms with E-state index in [1.807, 2.05) is 81.4 Å². The smallest absolute Gasteiger partial charge is 0.322 e. The van der Waals surface area contributed by atoms with Gasteiger partial charge in [0.2, 0.25) is 5.91 Å². The average Bonchev–Trinajstić information content (AvgIpc) is 3.21. The third kappa shape index (κ3) is 6.59. The Hall–Kier alpha value is -3.80. The number of rotatable bonds is 9. The van der Waals surface area contributed by atoms with Crippen LogP contribution in [0, 0.1) is 20.8 Å². The van der Waals surface area contributed by atoms with Crippen LogP contribution in [0.25, 0.3) is 0 Å². The van der Waals surface area contributed by atoms with Gasteiger partial charge in [-0.2, -0.15) is 0 Å². The molecule has 1 N–H and O–H groups in total. The number of amides is 3. The first-order chi connectivity index (χ1) is 15.9. The summed E-state index contributed by atoms with van der Waals surface area (Å²) in [4.78, 5) is 29.5. The summed E-state index contributed by atoms with van der Waals surface area (Å²) in [6.07, 6.45) is 1.62. The van der Waals surface area contributed by atoms with E-state index in [0.29, 0.717) is 18.8 Å². The Bertz CT molecular complexity index is 1100. The van der Waals surface area contributed by atoms with Gasteiger partial charge in [0.25, 0.3) is 0 Å². The lowest BCUT2D eigenvalue weighted by Gasteiger charge is -2.27. The van der Waals surface area contributed by atoms with Crippen LogP contribution in [0.3, 0.4) is 0 Å². The molecule has 0 aliphatic rings. The van der Waals surface area contributed by atoms with E-state index in [-0.39, 0.29) is 25.0 Å². The Labute approximate surface area is 195 Å². The molecule has 0 spiro atoms. The summed E-state index contributed by atoms with van der Waals surface area (Å²) in [5.74, 6) is 1.32. The number of anilines is 1. The summed E-state index contributed by atoms with van der Waals surface area (Å²) in [5, 5.41) is 2.93. The largest absolute Gasteiger partial charge is 0.464 e. The van der Waals surface area contributed by atoms with Gasteiger partial charge < -0.3 is 19.5 Å². The van der Waals surface area contributed by atoms with Crippen LogP contribution in [0.1, 0.15) is 28.2 Å². The molecule has 172 valence electrons. The molecule has 0 radical (unpaired) electrons. The van der Waals surface area contributed by atoms with Gasteiger partial charge in [0.05, 0.1) is 6.54 Å². The lowest BCUT2D eigenvalue weighted by Crippen LogP contribution is -2.44. The minimum absolute atomic E-state index is 0.0742. The third-order valence-electron chi connectivity index (χ3n) is 5.52. The minimum Gasteiger partial charge on any atom is -0.464 e. The number of carbonyl (C=O) groups is 2. The normalized spacial score (nSPS) is 10.5. The van der Waals surface area contributed by atoms with Gasteiger partial charge in [-0.25, -0.2) is 4.79 Å². The third-order valence-corrected chi connectivity index (χ3v) is 5.52. The highest BCUT2D eigenvalue weighted by Crippen LogP contribution is 2.19. The molecule has 0 aliphatic carbocycles. The molecule has 33 heavy (non-hydrogen) atoms. The van der Waals surface area contributed by atoms with Crippen LogP contribution in [-0.2, 0) is 17.9 Å². The SMILES string of the molecule is C=CCN(CC(=O)N(Cc1ccccc1)Cc1ccc(C)o1)C(=O)Nc1cccc(C)c1C. The standard InChI is InChI=1S/C27H31N3O3/c1-5-16-29(27(32)28-25-13-9-10-20(2)22(25)4)19-26(31)30(17-23-11-7-6-8-12-23)18-24-15-14-21(3)33-24/h5-15H,1,16-19H2,2-4H3,(H,28,32). The second-order valence-electron chi connectivity index (χ2n) is 8.09. The summed E-state index contributed by atoms with van der Waals surface area (Å²) in [6.45, 7) is 10.5. The fourth-order valence-corrected chi connectivity index (χ4v) is 3.51. The maximum atomic E-state index is 13.4. The molecule has 6 nitrogen and oxygen atoms in total. The molecular formula is C27H31N3O3. The van der Waals surface area contributed by atoms with Gasteiger partial charge >= 0.3 is 6.03 Å². The topological polar surface area (TPSA) is 65.8 Å². The lowest BCUT2D eigenvalue weighted by molar-refractivity contribution is -0.133. The van der Waals surface area contributed by atoms with Crippen molar-refractivity contribution in [1.29, 1.82) is 0 Å². The molecule has 2 aromatic carbocycles. The lowest BCUT2D eigenvalue weighted by atomic mass is 10.1. The van der Waals surface area contributed by atoms with Crippen molar-refractivity contribution in [1.82, 2.24) is 9.80 Å². The molecule has 3 rings (SSSR count). The van der Waals surface area contributed by atoms with Crippen LogP contribution in [0.15, 0.2) is 77.7 Å². The number of hydrogen-bond donors (Lipinski definition) is 1. The van der Waals surface area contributed by atoms with Crippen LogP contribution in [0.4, 0.5) is 10.5 Å². The highest BCUT2D eigenvalue weighted by Gasteiger charge is 2.22. The number of nitrogens with zero attached hydrogens (tertiary/aromatic N) is 2. The van der Waals surface area contributed by atoms with Crippen LogP contribution >= 0.6 is 0 Å². The van der Waals surface area contributed by atoms with Crippen molar-refractivity contribution in [2.45, 2.75) is 33.9 Å². The number of hydrogen-bond acceptors (Lipinski definition) is 3. The maximum absolute atomic E-state index is 13.4. The summed E-state index contributed by atoms with van der Waals surface area (Å²) >= 11 is 0. The fourth-order valence-electron chi connectivity index (χ4n) is 3.51. The van der Waals surface area contributed by atoms with Gasteiger partial charge in [-0.1, -0.05) is 48.5 Å². The van der Waals surface area contributed by atoms with Crippen molar-refractivity contribution in [3.05, 3.63) is 102 Å². The van der Waals surface area contributed by atoms with Crippen LogP contribution < -0.4 is 5.32 Å².